The van der Waals surface area contributed by atoms with Gasteiger partial charge in [0.1, 0.15) is 0 Å². The van der Waals surface area contributed by atoms with Crippen LogP contribution in [0, 0.1) is 6.92 Å². The normalized spacial score (nSPS) is 14.9. The van der Waals surface area contributed by atoms with Gasteiger partial charge >= 0.3 is 6.18 Å². The first-order valence-corrected chi connectivity index (χ1v) is 10.7. The van der Waals surface area contributed by atoms with Crippen molar-refractivity contribution < 1.29 is 22.7 Å². The van der Waals surface area contributed by atoms with Gasteiger partial charge in [-0.3, -0.25) is 9.69 Å². The average Bonchev–Trinajstić information content (AvgIpc) is 3.25. The van der Waals surface area contributed by atoms with Gasteiger partial charge in [-0.15, -0.1) is 0 Å². The number of benzene rings is 2. The number of rotatable bonds is 6. The summed E-state index contributed by atoms with van der Waals surface area (Å²) in [5.41, 5.74) is 1.19. The van der Waals surface area contributed by atoms with Crippen molar-refractivity contribution >= 4 is 5.91 Å². The number of nitrogens with zero attached hydrogens (tertiary/aromatic N) is 3. The monoisotopic (exact) mass is 458 g/mol. The second kappa shape index (κ2) is 9.76. The van der Waals surface area contributed by atoms with Gasteiger partial charge in [0.2, 0.25) is 0 Å². The molecule has 0 atom stereocenters. The second-order valence-corrected chi connectivity index (χ2v) is 7.94. The van der Waals surface area contributed by atoms with Crippen molar-refractivity contribution in [1.82, 2.24) is 20.0 Å². The highest BCUT2D eigenvalue weighted by atomic mass is 19.4. The maximum absolute atomic E-state index is 14.0. The smallest absolute Gasteiger partial charge is 0.379 e. The third kappa shape index (κ3) is 5.26. The van der Waals surface area contributed by atoms with Gasteiger partial charge in [0, 0.05) is 26.2 Å². The Balaban J connectivity index is 1.55. The van der Waals surface area contributed by atoms with Crippen molar-refractivity contribution in [2.24, 2.45) is 0 Å². The minimum atomic E-state index is -4.75. The van der Waals surface area contributed by atoms with Crippen LogP contribution >= 0.6 is 0 Å². The van der Waals surface area contributed by atoms with Crippen molar-refractivity contribution in [2.75, 3.05) is 26.3 Å². The Labute approximate surface area is 190 Å². The maximum Gasteiger partial charge on any atom is 0.434 e. The van der Waals surface area contributed by atoms with Crippen LogP contribution in [-0.4, -0.2) is 46.9 Å². The lowest BCUT2D eigenvalue weighted by Crippen LogP contribution is -2.36. The zero-order chi connectivity index (χ0) is 23.4. The van der Waals surface area contributed by atoms with E-state index in [-0.39, 0.29) is 12.2 Å². The van der Waals surface area contributed by atoms with E-state index < -0.39 is 23.3 Å². The fourth-order valence-corrected chi connectivity index (χ4v) is 3.93. The van der Waals surface area contributed by atoms with E-state index in [0.29, 0.717) is 25.3 Å². The Morgan fingerprint density at radius 2 is 1.73 bits per heavy atom. The van der Waals surface area contributed by atoms with Gasteiger partial charge in [-0.25, -0.2) is 4.68 Å². The van der Waals surface area contributed by atoms with Crippen molar-refractivity contribution in [3.8, 4) is 5.69 Å². The van der Waals surface area contributed by atoms with Crippen molar-refractivity contribution in [2.45, 2.75) is 26.2 Å². The molecule has 1 aliphatic heterocycles. The molecule has 1 amide bonds. The molecule has 2 heterocycles. The number of morpholine rings is 1. The minimum Gasteiger partial charge on any atom is -0.379 e. The van der Waals surface area contributed by atoms with Crippen LogP contribution in [0.5, 0.6) is 0 Å². The molecular weight excluding hydrogens is 433 g/mol. The zero-order valence-corrected chi connectivity index (χ0v) is 18.2. The number of ether oxygens (including phenoxy) is 1. The van der Waals surface area contributed by atoms with Crippen LogP contribution in [-0.2, 0) is 24.0 Å². The quantitative estimate of drug-likeness (QED) is 0.608. The number of alkyl halides is 3. The molecule has 0 unspecified atom stereocenters. The molecule has 0 bridgehead atoms. The predicted octanol–water partition coefficient (Wildman–Crippen LogP) is 3.96. The SMILES string of the molecule is Cc1ccccc1-n1ncc(C(=O)NCc2ccccc2CN2CCOCC2)c1C(F)(F)F. The summed E-state index contributed by atoms with van der Waals surface area (Å²) in [5.74, 6) is -0.816. The Hall–Kier alpha value is -3.17. The summed E-state index contributed by atoms with van der Waals surface area (Å²) in [4.78, 5) is 15.1. The number of aromatic nitrogens is 2. The van der Waals surface area contributed by atoms with Crippen LogP contribution in [0.1, 0.15) is 32.7 Å². The molecule has 33 heavy (non-hydrogen) atoms. The van der Waals surface area contributed by atoms with E-state index in [9.17, 15) is 18.0 Å². The standard InChI is InChI=1S/C24H25F3N4O2/c1-17-6-2-5-9-21(17)31-22(24(25,26)27)20(15-29-31)23(32)28-14-18-7-3-4-8-19(18)16-30-10-12-33-13-11-30/h2-9,15H,10-14,16H2,1H3,(H,28,32). The third-order valence-electron chi connectivity index (χ3n) is 5.68. The van der Waals surface area contributed by atoms with Crippen molar-refractivity contribution in [1.29, 1.82) is 0 Å². The number of nitrogens with one attached hydrogen (secondary N) is 1. The number of carbonyl (C=O) groups is 1. The summed E-state index contributed by atoms with van der Waals surface area (Å²) in [7, 11) is 0. The fraction of sp³-hybridized carbons (Fsp3) is 0.333. The molecular formula is C24H25F3N4O2. The van der Waals surface area contributed by atoms with E-state index in [1.807, 2.05) is 24.3 Å². The number of carbonyl (C=O) groups excluding carboxylic acids is 1. The molecule has 1 aliphatic rings. The number of aryl methyl sites for hydroxylation is 1. The number of halogens is 3. The van der Waals surface area contributed by atoms with Crippen LogP contribution in [0.25, 0.3) is 5.69 Å². The molecule has 0 spiro atoms. The van der Waals surface area contributed by atoms with E-state index in [1.165, 1.54) is 0 Å². The summed E-state index contributed by atoms with van der Waals surface area (Å²) >= 11 is 0. The Bertz CT molecular complexity index is 1120. The molecule has 1 fully saturated rings. The molecule has 9 heteroatoms. The topological polar surface area (TPSA) is 59.4 Å². The molecule has 0 radical (unpaired) electrons. The highest BCUT2D eigenvalue weighted by molar-refractivity contribution is 5.95. The lowest BCUT2D eigenvalue weighted by molar-refractivity contribution is -0.143. The fourth-order valence-electron chi connectivity index (χ4n) is 3.93. The van der Waals surface area contributed by atoms with Gasteiger partial charge in [-0.05, 0) is 29.7 Å². The van der Waals surface area contributed by atoms with Gasteiger partial charge in [0.05, 0.1) is 30.7 Å². The van der Waals surface area contributed by atoms with Crippen molar-refractivity contribution in [3.05, 3.63) is 82.7 Å². The molecule has 0 saturated carbocycles. The molecule has 3 aromatic rings. The number of amides is 1. The molecule has 1 saturated heterocycles. The Morgan fingerprint density at radius 3 is 2.42 bits per heavy atom. The molecule has 4 rings (SSSR count). The summed E-state index contributed by atoms with van der Waals surface area (Å²) in [6, 6.07) is 14.2. The van der Waals surface area contributed by atoms with Gasteiger partial charge in [0.15, 0.2) is 5.69 Å². The van der Waals surface area contributed by atoms with E-state index >= 15 is 0 Å². The lowest BCUT2D eigenvalue weighted by atomic mass is 10.1. The predicted molar refractivity (Wildman–Crippen MR) is 117 cm³/mol. The third-order valence-corrected chi connectivity index (χ3v) is 5.68. The molecule has 174 valence electrons. The van der Waals surface area contributed by atoms with Gasteiger partial charge in [-0.2, -0.15) is 18.3 Å². The summed E-state index contributed by atoms with van der Waals surface area (Å²) in [6.07, 6.45) is -3.77. The summed E-state index contributed by atoms with van der Waals surface area (Å²) in [5, 5.41) is 6.55. The van der Waals surface area contributed by atoms with Crippen LogP contribution in [0.3, 0.4) is 0 Å². The van der Waals surface area contributed by atoms with E-state index in [2.05, 4.69) is 15.3 Å². The highest BCUT2D eigenvalue weighted by Gasteiger charge is 2.40. The second-order valence-electron chi connectivity index (χ2n) is 7.94. The maximum atomic E-state index is 14.0. The first-order valence-electron chi connectivity index (χ1n) is 10.7. The van der Waals surface area contributed by atoms with Crippen molar-refractivity contribution in [3.63, 3.8) is 0 Å². The van der Waals surface area contributed by atoms with Gasteiger partial charge in [-0.1, -0.05) is 42.5 Å². The minimum absolute atomic E-state index is 0.117. The lowest BCUT2D eigenvalue weighted by Gasteiger charge is -2.27. The molecule has 6 nitrogen and oxygen atoms in total. The largest absolute Gasteiger partial charge is 0.434 e. The molecule has 1 aromatic heterocycles. The van der Waals surface area contributed by atoms with E-state index in [4.69, 9.17) is 4.74 Å². The highest BCUT2D eigenvalue weighted by Crippen LogP contribution is 2.34. The van der Waals surface area contributed by atoms with Crippen LogP contribution in [0.2, 0.25) is 0 Å². The first-order chi connectivity index (χ1) is 15.8. The van der Waals surface area contributed by atoms with E-state index in [0.717, 1.165) is 35.1 Å². The molecule has 2 aromatic carbocycles. The number of hydrogen-bond acceptors (Lipinski definition) is 4. The van der Waals surface area contributed by atoms with Gasteiger partial charge < -0.3 is 10.1 Å². The zero-order valence-electron chi connectivity index (χ0n) is 18.2. The van der Waals surface area contributed by atoms with Crippen LogP contribution in [0.15, 0.2) is 54.7 Å². The van der Waals surface area contributed by atoms with Crippen LogP contribution < -0.4 is 5.32 Å². The summed E-state index contributed by atoms with van der Waals surface area (Å²) in [6.45, 7) is 5.47. The number of para-hydroxylation sites is 1. The number of hydrogen-bond donors (Lipinski definition) is 1. The first kappa shape index (κ1) is 23.0. The average molecular weight is 458 g/mol. The van der Waals surface area contributed by atoms with Crippen LogP contribution in [0.4, 0.5) is 13.2 Å². The summed E-state index contributed by atoms with van der Waals surface area (Å²) < 4.78 is 48.0. The molecule has 0 aliphatic carbocycles. The van der Waals surface area contributed by atoms with E-state index in [1.54, 1.807) is 31.2 Å². The van der Waals surface area contributed by atoms with Gasteiger partial charge in [0.25, 0.3) is 5.91 Å². The Morgan fingerprint density at radius 1 is 1.06 bits per heavy atom. The Kier molecular flexibility index (Phi) is 6.80. The molecule has 1 N–H and O–H groups in total.